The van der Waals surface area contributed by atoms with Crippen LogP contribution in [0.3, 0.4) is 0 Å². The van der Waals surface area contributed by atoms with Gasteiger partial charge in [0.1, 0.15) is 0 Å². The van der Waals surface area contributed by atoms with Gasteiger partial charge in [-0.05, 0) is 28.1 Å². The Hall–Kier alpha value is -0.260. The summed E-state index contributed by atoms with van der Waals surface area (Å²) in [6.45, 7) is 23.8. The molecule has 0 unspecified atom stereocenters. The first-order valence-electron chi connectivity index (χ1n) is 6.96. The summed E-state index contributed by atoms with van der Waals surface area (Å²) in [6, 6.07) is 0. The van der Waals surface area contributed by atoms with E-state index in [0.29, 0.717) is 10.8 Å². The third-order valence-electron chi connectivity index (χ3n) is 3.99. The van der Waals surface area contributed by atoms with Crippen LogP contribution in [-0.2, 0) is 0 Å². The molecule has 0 atom stereocenters. The van der Waals surface area contributed by atoms with E-state index >= 15 is 0 Å². The Balaban J connectivity index is 3.50. The lowest BCUT2D eigenvalue weighted by atomic mass is 9.47. The van der Waals surface area contributed by atoms with E-state index in [1.807, 2.05) is 0 Å². The van der Waals surface area contributed by atoms with Gasteiger partial charge in [-0.2, -0.15) is 0 Å². The Morgan fingerprint density at radius 2 is 1.06 bits per heavy atom. The molecule has 0 amide bonds. The minimum Gasteiger partial charge on any atom is -0.0592 e. The van der Waals surface area contributed by atoms with Crippen molar-refractivity contribution in [3.8, 4) is 0 Å². The third kappa shape index (κ3) is 2.61. The number of hydrogen-bond acceptors (Lipinski definition) is 0. The van der Waals surface area contributed by atoms with Crippen LogP contribution in [0.15, 0.2) is 11.1 Å². The topological polar surface area (TPSA) is 0 Å². The molecule has 0 N–H and O–H groups in total. The average molecular weight is 236 g/mol. The molecule has 0 saturated heterocycles. The van der Waals surface area contributed by atoms with Crippen molar-refractivity contribution in [1.82, 2.24) is 0 Å². The molecule has 1 aliphatic carbocycles. The summed E-state index contributed by atoms with van der Waals surface area (Å²) in [6.07, 6.45) is 1.31. The standard InChI is InChI=1S/C17H32/c1-14(2,3)12(15(4,5)6)13-16(7,8)11-17(13,9)10/h11H2,1-10H3. The van der Waals surface area contributed by atoms with Gasteiger partial charge in [-0.3, -0.25) is 0 Å². The first kappa shape index (κ1) is 14.8. The second-order valence-electron chi connectivity index (χ2n) is 9.19. The van der Waals surface area contributed by atoms with Crippen molar-refractivity contribution in [1.29, 1.82) is 0 Å². The largest absolute Gasteiger partial charge is 0.0592 e. The van der Waals surface area contributed by atoms with Crippen LogP contribution in [0.25, 0.3) is 0 Å². The Morgan fingerprint density at radius 1 is 0.765 bits per heavy atom. The average Bonchev–Trinajstić information content (AvgIpc) is 1.92. The zero-order valence-corrected chi connectivity index (χ0v) is 13.7. The van der Waals surface area contributed by atoms with E-state index in [9.17, 15) is 0 Å². The first-order chi connectivity index (χ1) is 7.20. The van der Waals surface area contributed by atoms with Crippen molar-refractivity contribution in [2.45, 2.75) is 75.7 Å². The quantitative estimate of drug-likeness (QED) is 0.464. The summed E-state index contributed by atoms with van der Waals surface area (Å²) in [7, 11) is 0. The minimum atomic E-state index is 0.266. The van der Waals surface area contributed by atoms with E-state index in [1.54, 1.807) is 11.1 Å². The van der Waals surface area contributed by atoms with Gasteiger partial charge in [0.25, 0.3) is 0 Å². The summed E-state index contributed by atoms with van der Waals surface area (Å²) in [5.74, 6) is 0. The van der Waals surface area contributed by atoms with Crippen LogP contribution in [0.4, 0.5) is 0 Å². The van der Waals surface area contributed by atoms with Crippen LogP contribution in [-0.4, -0.2) is 0 Å². The van der Waals surface area contributed by atoms with E-state index in [1.165, 1.54) is 6.42 Å². The number of rotatable bonds is 0. The monoisotopic (exact) mass is 236 g/mol. The van der Waals surface area contributed by atoms with Crippen LogP contribution in [0.5, 0.6) is 0 Å². The molecule has 1 fully saturated rings. The molecule has 1 saturated carbocycles. The molecule has 0 aromatic heterocycles. The molecule has 0 bridgehead atoms. The molecular formula is C17H32. The fraction of sp³-hybridized carbons (Fsp3) is 0.882. The summed E-state index contributed by atoms with van der Waals surface area (Å²) in [5, 5.41) is 0. The molecule has 1 rings (SSSR count). The SMILES string of the molecule is CC(C)(C)C(=C1C(C)(C)CC1(C)C)C(C)(C)C. The lowest BCUT2D eigenvalue weighted by Crippen LogP contribution is -2.46. The maximum atomic E-state index is 2.41. The summed E-state index contributed by atoms with van der Waals surface area (Å²) >= 11 is 0. The second kappa shape index (κ2) is 3.62. The highest BCUT2D eigenvalue weighted by Gasteiger charge is 2.51. The molecule has 0 spiro atoms. The van der Waals surface area contributed by atoms with Crippen molar-refractivity contribution in [3.63, 3.8) is 0 Å². The Kier molecular flexibility index (Phi) is 3.15. The predicted molar refractivity (Wildman–Crippen MR) is 78.1 cm³/mol. The van der Waals surface area contributed by atoms with E-state index in [2.05, 4.69) is 69.2 Å². The van der Waals surface area contributed by atoms with Gasteiger partial charge < -0.3 is 0 Å². The van der Waals surface area contributed by atoms with Gasteiger partial charge in [-0.1, -0.05) is 80.4 Å². The zero-order valence-electron chi connectivity index (χ0n) is 13.7. The minimum absolute atomic E-state index is 0.266. The van der Waals surface area contributed by atoms with Gasteiger partial charge in [0.15, 0.2) is 0 Å². The van der Waals surface area contributed by atoms with Crippen molar-refractivity contribution < 1.29 is 0 Å². The fourth-order valence-electron chi connectivity index (χ4n) is 4.64. The van der Waals surface area contributed by atoms with Crippen LogP contribution in [0.2, 0.25) is 0 Å². The normalized spacial score (nSPS) is 23.3. The maximum Gasteiger partial charge on any atom is -0.0128 e. The fourth-order valence-corrected chi connectivity index (χ4v) is 4.64. The van der Waals surface area contributed by atoms with Gasteiger partial charge in [-0.15, -0.1) is 0 Å². The zero-order chi connectivity index (χ0) is 13.9. The van der Waals surface area contributed by atoms with Gasteiger partial charge in [-0.25, -0.2) is 0 Å². The lowest BCUT2D eigenvalue weighted by molar-refractivity contribution is 0.112. The Morgan fingerprint density at radius 3 is 1.18 bits per heavy atom. The summed E-state index contributed by atoms with van der Waals surface area (Å²) < 4.78 is 0. The third-order valence-corrected chi connectivity index (χ3v) is 3.99. The van der Waals surface area contributed by atoms with Gasteiger partial charge in [0.2, 0.25) is 0 Å². The molecule has 1 aliphatic rings. The molecule has 17 heavy (non-hydrogen) atoms. The molecule has 0 aromatic carbocycles. The van der Waals surface area contributed by atoms with Crippen LogP contribution >= 0.6 is 0 Å². The van der Waals surface area contributed by atoms with Crippen molar-refractivity contribution >= 4 is 0 Å². The number of hydrogen-bond donors (Lipinski definition) is 0. The molecule has 0 radical (unpaired) electrons. The van der Waals surface area contributed by atoms with E-state index in [-0.39, 0.29) is 10.8 Å². The second-order valence-corrected chi connectivity index (χ2v) is 9.19. The highest BCUT2D eigenvalue weighted by molar-refractivity contribution is 5.40. The van der Waals surface area contributed by atoms with E-state index < -0.39 is 0 Å². The molecule has 0 heterocycles. The highest BCUT2D eigenvalue weighted by Crippen LogP contribution is 2.63. The van der Waals surface area contributed by atoms with Crippen LogP contribution in [0.1, 0.15) is 75.7 Å². The highest BCUT2D eigenvalue weighted by atomic mass is 14.6. The summed E-state index contributed by atoms with van der Waals surface area (Å²) in [5.41, 5.74) is 4.69. The van der Waals surface area contributed by atoms with Crippen LogP contribution < -0.4 is 0 Å². The Bertz CT molecular complexity index is 305. The molecule has 0 nitrogen and oxygen atoms in total. The van der Waals surface area contributed by atoms with Crippen molar-refractivity contribution in [2.24, 2.45) is 21.7 Å². The Labute approximate surface area is 109 Å². The first-order valence-corrected chi connectivity index (χ1v) is 6.96. The molecule has 0 aliphatic heterocycles. The van der Waals surface area contributed by atoms with Crippen LogP contribution in [0, 0.1) is 21.7 Å². The molecule has 0 aromatic rings. The van der Waals surface area contributed by atoms with Gasteiger partial charge >= 0.3 is 0 Å². The molecular weight excluding hydrogens is 204 g/mol. The van der Waals surface area contributed by atoms with Crippen molar-refractivity contribution in [3.05, 3.63) is 11.1 Å². The van der Waals surface area contributed by atoms with Gasteiger partial charge in [0.05, 0.1) is 0 Å². The maximum absolute atomic E-state index is 2.41. The summed E-state index contributed by atoms with van der Waals surface area (Å²) in [4.78, 5) is 0. The van der Waals surface area contributed by atoms with Gasteiger partial charge in [0, 0.05) is 0 Å². The smallest absolute Gasteiger partial charge is 0.0128 e. The van der Waals surface area contributed by atoms with E-state index in [0.717, 1.165) is 0 Å². The lowest BCUT2D eigenvalue weighted by Gasteiger charge is -2.57. The van der Waals surface area contributed by atoms with E-state index in [4.69, 9.17) is 0 Å². The molecule has 100 valence electrons. The molecule has 0 heteroatoms. The van der Waals surface area contributed by atoms with Crippen molar-refractivity contribution in [2.75, 3.05) is 0 Å². The predicted octanol–water partition coefficient (Wildman–Crippen LogP) is 5.83. The number of allylic oxidation sites excluding steroid dienone is 2.